The third-order valence-corrected chi connectivity index (χ3v) is 7.68. The molecule has 7 nitrogen and oxygen atoms in total. The number of benzene rings is 3. The molecule has 0 bridgehead atoms. The highest BCUT2D eigenvalue weighted by atomic mass is 15.5. The first-order valence-electron chi connectivity index (χ1n) is 13.9. The zero-order valence-electron chi connectivity index (χ0n) is 22.9. The number of aromatic nitrogens is 4. The van der Waals surface area contributed by atoms with Crippen molar-refractivity contribution in [2.45, 2.75) is 19.4 Å². The predicted molar refractivity (Wildman–Crippen MR) is 164 cm³/mol. The van der Waals surface area contributed by atoms with Crippen molar-refractivity contribution in [1.29, 1.82) is 0 Å². The number of fused-ring (bicyclic) bond motifs is 2. The molecule has 0 spiro atoms. The number of anilines is 1. The van der Waals surface area contributed by atoms with Gasteiger partial charge in [-0.3, -0.25) is 9.39 Å². The average molecular weight is 535 g/mol. The number of amidine groups is 1. The lowest BCUT2D eigenvalue weighted by Crippen LogP contribution is -2.41. The van der Waals surface area contributed by atoms with Crippen molar-refractivity contribution in [3.8, 4) is 5.82 Å². The number of hydrogen-bond donors (Lipinski definition) is 1. The second-order valence-electron chi connectivity index (χ2n) is 10.5. The van der Waals surface area contributed by atoms with E-state index < -0.39 is 0 Å². The highest BCUT2D eigenvalue weighted by Crippen LogP contribution is 2.37. The smallest absolute Gasteiger partial charge is 0.399 e. The van der Waals surface area contributed by atoms with Gasteiger partial charge >= 0.3 is 7.55 Å². The Morgan fingerprint density at radius 1 is 0.805 bits per heavy atom. The molecule has 4 heterocycles. The second kappa shape index (κ2) is 10.5. The molecule has 0 aliphatic carbocycles. The minimum Gasteiger partial charge on any atom is -0.399 e. The van der Waals surface area contributed by atoms with E-state index in [1.807, 2.05) is 29.1 Å². The predicted octanol–water partition coefficient (Wildman–Crippen LogP) is 4.70. The SMILES string of the molecule is C[N+](Cc1ccccc1)=C1C=CC2=C(c3ccc(N)cc3)c3ccc(-n4cc(CCc5ccccc5)nn4)n3[B]N21. The van der Waals surface area contributed by atoms with Gasteiger partial charge in [0.1, 0.15) is 18.1 Å². The van der Waals surface area contributed by atoms with Gasteiger partial charge in [0.15, 0.2) is 0 Å². The first kappa shape index (κ1) is 24.9. The molecule has 2 N–H and O–H groups in total. The van der Waals surface area contributed by atoms with Gasteiger partial charge < -0.3 is 10.2 Å². The van der Waals surface area contributed by atoms with Crippen LogP contribution in [0.2, 0.25) is 0 Å². The number of rotatable bonds is 7. The number of nitrogen functional groups attached to an aromatic ring is 1. The van der Waals surface area contributed by atoms with Crippen molar-refractivity contribution < 1.29 is 4.58 Å². The topological polar surface area (TPSA) is 67.9 Å². The fourth-order valence-electron chi connectivity index (χ4n) is 5.60. The monoisotopic (exact) mass is 535 g/mol. The lowest BCUT2D eigenvalue weighted by Gasteiger charge is -2.26. The van der Waals surface area contributed by atoms with Crippen molar-refractivity contribution in [2.24, 2.45) is 0 Å². The minimum atomic E-state index is 0.747. The van der Waals surface area contributed by atoms with Gasteiger partial charge in [-0.1, -0.05) is 78.0 Å². The van der Waals surface area contributed by atoms with E-state index in [1.165, 1.54) is 11.1 Å². The maximum absolute atomic E-state index is 6.06. The summed E-state index contributed by atoms with van der Waals surface area (Å²) in [5, 5.41) is 9.03. The summed E-state index contributed by atoms with van der Waals surface area (Å²) in [6.07, 6.45) is 8.19. The van der Waals surface area contributed by atoms with Crippen molar-refractivity contribution in [3.63, 3.8) is 0 Å². The Hall–Kier alpha value is -5.11. The van der Waals surface area contributed by atoms with Crippen LogP contribution < -0.4 is 5.73 Å². The van der Waals surface area contributed by atoms with Gasteiger partial charge in [-0.15, -0.1) is 5.10 Å². The van der Waals surface area contributed by atoms with Crippen molar-refractivity contribution in [2.75, 3.05) is 12.8 Å². The van der Waals surface area contributed by atoms with E-state index in [2.05, 4.69) is 130 Å². The number of hydrogen-bond acceptors (Lipinski definition) is 3. The molecule has 0 atom stereocenters. The highest BCUT2D eigenvalue weighted by molar-refractivity contribution is 6.40. The summed E-state index contributed by atoms with van der Waals surface area (Å²) in [7, 11) is 4.29. The fourth-order valence-corrected chi connectivity index (χ4v) is 5.60. The van der Waals surface area contributed by atoms with Gasteiger partial charge in [-0.2, -0.15) is 0 Å². The molecule has 0 saturated heterocycles. The van der Waals surface area contributed by atoms with Crippen LogP contribution in [0.5, 0.6) is 0 Å². The Kier molecular flexibility index (Phi) is 6.36. The van der Waals surface area contributed by atoms with Gasteiger partial charge in [0.05, 0.1) is 18.9 Å². The molecule has 199 valence electrons. The van der Waals surface area contributed by atoms with Crippen LogP contribution in [0, 0.1) is 0 Å². The van der Waals surface area contributed by atoms with Gasteiger partial charge in [-0.25, -0.2) is 4.68 Å². The summed E-state index contributed by atoms with van der Waals surface area (Å²) >= 11 is 0. The third-order valence-electron chi connectivity index (χ3n) is 7.68. The largest absolute Gasteiger partial charge is 0.553 e. The zero-order valence-corrected chi connectivity index (χ0v) is 22.9. The summed E-state index contributed by atoms with van der Waals surface area (Å²) < 4.78 is 6.36. The van der Waals surface area contributed by atoms with E-state index in [1.54, 1.807) is 0 Å². The Morgan fingerprint density at radius 3 is 2.29 bits per heavy atom. The van der Waals surface area contributed by atoms with Crippen LogP contribution in [0.4, 0.5) is 5.69 Å². The molecule has 0 fully saturated rings. The normalized spacial score (nSPS) is 15.1. The van der Waals surface area contributed by atoms with Crippen LogP contribution >= 0.6 is 0 Å². The Morgan fingerprint density at radius 2 is 1.54 bits per heavy atom. The summed E-state index contributed by atoms with van der Waals surface area (Å²) in [6, 6.07) is 33.4. The van der Waals surface area contributed by atoms with Gasteiger partial charge in [0, 0.05) is 23.0 Å². The second-order valence-corrected chi connectivity index (χ2v) is 10.5. The van der Waals surface area contributed by atoms with Crippen LogP contribution in [0.1, 0.15) is 28.1 Å². The summed E-state index contributed by atoms with van der Waals surface area (Å²) in [4.78, 5) is 2.26. The number of nitrogens with zero attached hydrogens (tertiary/aromatic N) is 6. The summed E-state index contributed by atoms with van der Waals surface area (Å²) in [5.41, 5.74) is 14.8. The molecule has 5 aromatic rings. The molecular formula is C33H30BN7+. The first-order chi connectivity index (χ1) is 20.1. The molecule has 41 heavy (non-hydrogen) atoms. The molecule has 8 heteroatoms. The lowest BCUT2D eigenvalue weighted by molar-refractivity contribution is -0.516. The maximum Gasteiger partial charge on any atom is 0.553 e. The van der Waals surface area contributed by atoms with Crippen LogP contribution in [-0.2, 0) is 19.4 Å². The molecule has 1 radical (unpaired) electrons. The van der Waals surface area contributed by atoms with Crippen LogP contribution in [0.15, 0.2) is 121 Å². The third kappa shape index (κ3) is 4.78. The van der Waals surface area contributed by atoms with Crippen LogP contribution in [0.25, 0.3) is 11.4 Å². The van der Waals surface area contributed by atoms with E-state index >= 15 is 0 Å². The highest BCUT2D eigenvalue weighted by Gasteiger charge is 2.40. The van der Waals surface area contributed by atoms with E-state index in [0.717, 1.165) is 64.9 Å². The van der Waals surface area contributed by atoms with Gasteiger partial charge in [-0.05, 0) is 59.9 Å². The van der Waals surface area contributed by atoms with Crippen LogP contribution in [0.3, 0.4) is 0 Å². The van der Waals surface area contributed by atoms with E-state index in [0.29, 0.717) is 0 Å². The molecular weight excluding hydrogens is 505 g/mol. The lowest BCUT2D eigenvalue weighted by atomic mass is 9.91. The molecule has 2 aromatic heterocycles. The van der Waals surface area contributed by atoms with E-state index in [-0.39, 0.29) is 0 Å². The van der Waals surface area contributed by atoms with Crippen molar-refractivity contribution in [3.05, 3.63) is 149 Å². The molecule has 0 saturated carbocycles. The van der Waals surface area contributed by atoms with Gasteiger partial charge in [0.2, 0.25) is 0 Å². The minimum absolute atomic E-state index is 0.747. The first-order valence-corrected chi connectivity index (χ1v) is 13.9. The maximum atomic E-state index is 6.06. The van der Waals surface area contributed by atoms with Crippen LogP contribution in [-0.4, -0.2) is 49.3 Å². The van der Waals surface area contributed by atoms with E-state index in [4.69, 9.17) is 5.73 Å². The van der Waals surface area contributed by atoms with Gasteiger partial charge in [0.25, 0.3) is 5.84 Å². The average Bonchev–Trinajstić information content (AvgIpc) is 3.75. The molecule has 2 aliphatic heterocycles. The zero-order chi connectivity index (χ0) is 27.8. The number of nitrogens with two attached hydrogens (primary N) is 1. The number of allylic oxidation sites excluding steroid dienone is 1. The summed E-state index contributed by atoms with van der Waals surface area (Å²) in [6.45, 7) is 0.800. The molecule has 0 unspecified atom stereocenters. The summed E-state index contributed by atoms with van der Waals surface area (Å²) in [5.74, 6) is 2.03. The Labute approximate surface area is 240 Å². The molecule has 3 aromatic carbocycles. The molecule has 2 aliphatic rings. The standard InChI is InChI=1S/C33H29BN7/c1-38(22-25-10-6-3-7-11-25)31-20-18-29-33(26-13-15-27(35)16-14-26)30-19-21-32(41(30)34-40(29)31)39-23-28(36-37-39)17-12-24-8-4-2-5-9-24/h2-11,13-16,18-21,23,35H,12,17,22H2,1H3/p+1. The number of aryl methyl sites for hydroxylation is 2. The Bertz CT molecular complexity index is 1800. The van der Waals surface area contributed by atoms with Crippen molar-refractivity contribution >= 4 is 24.6 Å². The quantitative estimate of drug-likeness (QED) is 0.186. The van der Waals surface area contributed by atoms with E-state index in [9.17, 15) is 0 Å². The molecule has 0 amide bonds. The fraction of sp³-hybridized carbons (Fsp3) is 0.121. The Balaban J connectivity index is 1.26. The molecule has 7 rings (SSSR count). The van der Waals surface area contributed by atoms with Crippen molar-refractivity contribution in [1.82, 2.24) is 24.3 Å².